The number of aromatic nitrogens is 2. The minimum absolute atomic E-state index is 0.000424. The SMILES string of the molecule is CC(C)Oc1ccc(-c2nc(C(=O)O)c(Cc3ccc(-c4ccccc4)cc3)[nH]2)cc1Cl. The van der Waals surface area contributed by atoms with E-state index in [9.17, 15) is 9.90 Å². The van der Waals surface area contributed by atoms with Crippen molar-refractivity contribution in [3.05, 3.63) is 94.8 Å². The lowest BCUT2D eigenvalue weighted by molar-refractivity contribution is 0.0690. The van der Waals surface area contributed by atoms with Gasteiger partial charge in [0.05, 0.1) is 16.8 Å². The van der Waals surface area contributed by atoms with Gasteiger partial charge in [-0.3, -0.25) is 0 Å². The molecule has 32 heavy (non-hydrogen) atoms. The number of benzene rings is 3. The van der Waals surface area contributed by atoms with E-state index in [-0.39, 0.29) is 11.8 Å². The van der Waals surface area contributed by atoms with Crippen molar-refractivity contribution in [2.75, 3.05) is 0 Å². The number of aromatic carboxylic acids is 1. The normalized spacial score (nSPS) is 11.0. The molecule has 0 saturated carbocycles. The van der Waals surface area contributed by atoms with Crippen molar-refractivity contribution in [2.24, 2.45) is 0 Å². The zero-order valence-corrected chi connectivity index (χ0v) is 18.6. The molecule has 5 nitrogen and oxygen atoms in total. The van der Waals surface area contributed by atoms with Crippen LogP contribution in [-0.4, -0.2) is 27.1 Å². The molecule has 0 bridgehead atoms. The molecule has 0 amide bonds. The number of nitrogens with zero attached hydrogens (tertiary/aromatic N) is 1. The summed E-state index contributed by atoms with van der Waals surface area (Å²) >= 11 is 6.34. The van der Waals surface area contributed by atoms with Crippen molar-refractivity contribution >= 4 is 17.6 Å². The first-order valence-corrected chi connectivity index (χ1v) is 10.7. The van der Waals surface area contributed by atoms with Crippen LogP contribution in [0.4, 0.5) is 0 Å². The third kappa shape index (κ3) is 4.84. The van der Waals surface area contributed by atoms with Crippen LogP contribution >= 0.6 is 11.6 Å². The van der Waals surface area contributed by atoms with E-state index in [0.29, 0.717) is 34.3 Å². The lowest BCUT2D eigenvalue weighted by Crippen LogP contribution is -2.05. The summed E-state index contributed by atoms with van der Waals surface area (Å²) in [5.41, 5.74) is 4.47. The molecule has 3 aromatic carbocycles. The van der Waals surface area contributed by atoms with Crippen molar-refractivity contribution in [1.82, 2.24) is 9.97 Å². The Kier molecular flexibility index (Phi) is 6.28. The summed E-state index contributed by atoms with van der Waals surface area (Å²) in [5, 5.41) is 10.1. The lowest BCUT2D eigenvalue weighted by atomic mass is 10.0. The quantitative estimate of drug-likeness (QED) is 0.341. The van der Waals surface area contributed by atoms with Gasteiger partial charge < -0.3 is 14.8 Å². The van der Waals surface area contributed by atoms with Crippen LogP contribution in [0.2, 0.25) is 5.02 Å². The molecule has 0 saturated heterocycles. The number of hydrogen-bond acceptors (Lipinski definition) is 3. The maximum atomic E-state index is 11.8. The van der Waals surface area contributed by atoms with Gasteiger partial charge in [-0.25, -0.2) is 9.78 Å². The third-order valence-corrected chi connectivity index (χ3v) is 5.29. The lowest BCUT2D eigenvalue weighted by Gasteiger charge is -2.11. The molecular weight excluding hydrogens is 424 g/mol. The number of H-pyrrole nitrogens is 1. The molecule has 2 N–H and O–H groups in total. The maximum Gasteiger partial charge on any atom is 0.356 e. The van der Waals surface area contributed by atoms with Crippen molar-refractivity contribution in [1.29, 1.82) is 0 Å². The number of nitrogens with one attached hydrogen (secondary N) is 1. The van der Waals surface area contributed by atoms with E-state index in [1.807, 2.05) is 62.4 Å². The van der Waals surface area contributed by atoms with Gasteiger partial charge in [0.2, 0.25) is 0 Å². The Morgan fingerprint density at radius 3 is 2.28 bits per heavy atom. The summed E-state index contributed by atoms with van der Waals surface area (Å²) in [6.45, 7) is 3.85. The molecule has 0 aliphatic carbocycles. The third-order valence-electron chi connectivity index (χ3n) is 4.99. The van der Waals surface area contributed by atoms with Gasteiger partial charge in [-0.05, 0) is 48.7 Å². The molecule has 4 aromatic rings. The fourth-order valence-corrected chi connectivity index (χ4v) is 3.72. The average Bonchev–Trinajstić information content (AvgIpc) is 3.20. The zero-order chi connectivity index (χ0) is 22.7. The molecule has 6 heteroatoms. The molecule has 1 heterocycles. The van der Waals surface area contributed by atoms with Crippen LogP contribution in [-0.2, 0) is 6.42 Å². The number of carbonyl (C=O) groups is 1. The average molecular weight is 447 g/mol. The van der Waals surface area contributed by atoms with Gasteiger partial charge in [0.25, 0.3) is 0 Å². The fourth-order valence-electron chi connectivity index (χ4n) is 3.50. The monoisotopic (exact) mass is 446 g/mol. The number of aromatic amines is 1. The molecule has 0 unspecified atom stereocenters. The van der Waals surface area contributed by atoms with Crippen LogP contribution in [0.15, 0.2) is 72.8 Å². The number of carboxylic acid groups (broad SMARTS) is 1. The predicted octanol–water partition coefficient (Wildman–Crippen LogP) is 6.47. The van der Waals surface area contributed by atoms with Gasteiger partial charge in [-0.15, -0.1) is 0 Å². The number of halogens is 1. The van der Waals surface area contributed by atoms with E-state index >= 15 is 0 Å². The second-order valence-corrected chi connectivity index (χ2v) is 8.18. The number of ether oxygens (including phenoxy) is 1. The van der Waals surface area contributed by atoms with Crippen LogP contribution < -0.4 is 4.74 Å². The Morgan fingerprint density at radius 2 is 1.66 bits per heavy atom. The Morgan fingerprint density at radius 1 is 1.00 bits per heavy atom. The first-order valence-electron chi connectivity index (χ1n) is 10.3. The standard InChI is InChI=1S/C26H23ClN2O3/c1-16(2)32-23-13-12-20(15-21(23)27)25-28-22(24(29-25)26(30)31)14-17-8-10-19(11-9-17)18-6-4-3-5-7-18/h3-13,15-16H,14H2,1-2H3,(H,28,29)(H,30,31). The molecule has 0 fully saturated rings. The highest BCUT2D eigenvalue weighted by Crippen LogP contribution is 2.31. The molecule has 0 atom stereocenters. The van der Waals surface area contributed by atoms with E-state index in [1.54, 1.807) is 12.1 Å². The van der Waals surface area contributed by atoms with Crippen molar-refractivity contribution in [2.45, 2.75) is 26.4 Å². The van der Waals surface area contributed by atoms with Gasteiger partial charge in [0.15, 0.2) is 5.69 Å². The topological polar surface area (TPSA) is 75.2 Å². The Balaban J connectivity index is 1.60. The fraction of sp³-hybridized carbons (Fsp3) is 0.154. The highest BCUT2D eigenvalue weighted by atomic mass is 35.5. The van der Waals surface area contributed by atoms with Crippen LogP contribution in [0.25, 0.3) is 22.5 Å². The van der Waals surface area contributed by atoms with Crippen molar-refractivity contribution < 1.29 is 14.6 Å². The van der Waals surface area contributed by atoms with Crippen molar-refractivity contribution in [3.63, 3.8) is 0 Å². The summed E-state index contributed by atoms with van der Waals surface area (Å²) in [6.07, 6.45) is 0.423. The summed E-state index contributed by atoms with van der Waals surface area (Å²) in [6, 6.07) is 23.5. The summed E-state index contributed by atoms with van der Waals surface area (Å²) < 4.78 is 5.67. The minimum Gasteiger partial charge on any atom is -0.489 e. The summed E-state index contributed by atoms with van der Waals surface area (Å²) in [7, 11) is 0. The number of imidazole rings is 1. The second-order valence-electron chi connectivity index (χ2n) is 7.77. The van der Waals surface area contributed by atoms with Crippen LogP contribution in [0, 0.1) is 0 Å². The zero-order valence-electron chi connectivity index (χ0n) is 17.8. The highest BCUT2D eigenvalue weighted by molar-refractivity contribution is 6.32. The van der Waals surface area contributed by atoms with Gasteiger partial charge in [0.1, 0.15) is 11.6 Å². The Hall–Kier alpha value is -3.57. The van der Waals surface area contributed by atoms with Crippen LogP contribution in [0.1, 0.15) is 35.6 Å². The van der Waals surface area contributed by atoms with Gasteiger partial charge >= 0.3 is 5.97 Å². The molecule has 0 aliphatic heterocycles. The van der Waals surface area contributed by atoms with E-state index < -0.39 is 5.97 Å². The second kappa shape index (κ2) is 9.28. The van der Waals surface area contributed by atoms with E-state index in [1.165, 1.54) is 0 Å². The smallest absolute Gasteiger partial charge is 0.356 e. The van der Waals surface area contributed by atoms with E-state index in [2.05, 4.69) is 22.1 Å². The van der Waals surface area contributed by atoms with E-state index in [0.717, 1.165) is 16.7 Å². The molecule has 1 aromatic heterocycles. The molecular formula is C26H23ClN2O3. The Labute approximate surface area is 191 Å². The molecule has 0 spiro atoms. The predicted molar refractivity (Wildman–Crippen MR) is 126 cm³/mol. The van der Waals surface area contributed by atoms with Gasteiger partial charge in [0, 0.05) is 12.0 Å². The minimum atomic E-state index is -1.07. The van der Waals surface area contributed by atoms with Gasteiger partial charge in [-0.1, -0.05) is 66.2 Å². The number of carboxylic acids is 1. The van der Waals surface area contributed by atoms with Gasteiger partial charge in [-0.2, -0.15) is 0 Å². The first-order chi connectivity index (χ1) is 15.4. The molecule has 0 aliphatic rings. The summed E-state index contributed by atoms with van der Waals surface area (Å²) in [5.74, 6) is -0.0419. The molecule has 162 valence electrons. The number of hydrogen-bond donors (Lipinski definition) is 2. The van der Waals surface area contributed by atoms with Crippen molar-refractivity contribution in [3.8, 4) is 28.3 Å². The molecule has 0 radical (unpaired) electrons. The maximum absolute atomic E-state index is 11.8. The van der Waals surface area contributed by atoms with Crippen LogP contribution in [0.3, 0.4) is 0 Å². The Bertz CT molecular complexity index is 1230. The largest absolute Gasteiger partial charge is 0.489 e. The van der Waals surface area contributed by atoms with Crippen LogP contribution in [0.5, 0.6) is 5.75 Å². The van der Waals surface area contributed by atoms with E-state index in [4.69, 9.17) is 16.3 Å². The first kappa shape index (κ1) is 21.7. The number of rotatable bonds is 7. The molecule has 4 rings (SSSR count). The highest BCUT2D eigenvalue weighted by Gasteiger charge is 2.19. The summed E-state index contributed by atoms with van der Waals surface area (Å²) in [4.78, 5) is 19.3.